The highest BCUT2D eigenvalue weighted by Gasteiger charge is 2.15. The Morgan fingerprint density at radius 1 is 1.06 bits per heavy atom. The van der Waals surface area contributed by atoms with Crippen molar-refractivity contribution < 1.29 is 13.9 Å². The van der Waals surface area contributed by atoms with Crippen LogP contribution in [0.2, 0.25) is 0 Å². The Hall–Kier alpha value is -3.59. The van der Waals surface area contributed by atoms with Gasteiger partial charge in [0.15, 0.2) is 0 Å². The van der Waals surface area contributed by atoms with Gasteiger partial charge in [-0.25, -0.2) is 4.68 Å². The van der Waals surface area contributed by atoms with Crippen molar-refractivity contribution >= 4 is 23.5 Å². The van der Waals surface area contributed by atoms with Crippen LogP contribution >= 0.6 is 11.8 Å². The lowest BCUT2D eigenvalue weighted by Crippen LogP contribution is -2.18. The van der Waals surface area contributed by atoms with Gasteiger partial charge in [0.05, 0.1) is 25.6 Å². The Bertz CT molecular complexity index is 1240. The number of methoxy groups -OCH3 is 1. The van der Waals surface area contributed by atoms with Gasteiger partial charge < -0.3 is 14.5 Å². The molecule has 2 heterocycles. The average molecular weight is 478 g/mol. The molecule has 4 aromatic rings. The standard InChI is InChI=1S/C25H27N5O3S/c1-25(2,3)19-9-5-17(6-10-19)15-30-21(13-14-26-30)27-22(31)16-34-24-29-28-23(33-24)18-7-11-20(32-4)12-8-18/h5-14H,15-16H2,1-4H3,(H,27,31). The van der Waals surface area contributed by atoms with E-state index in [2.05, 4.69) is 65.6 Å². The summed E-state index contributed by atoms with van der Waals surface area (Å²) in [7, 11) is 1.61. The number of carbonyl (C=O) groups is 1. The lowest BCUT2D eigenvalue weighted by Gasteiger charge is -2.19. The van der Waals surface area contributed by atoms with Crippen molar-refractivity contribution in [1.82, 2.24) is 20.0 Å². The summed E-state index contributed by atoms with van der Waals surface area (Å²) in [6, 6.07) is 17.6. The van der Waals surface area contributed by atoms with Gasteiger partial charge in [-0.15, -0.1) is 10.2 Å². The van der Waals surface area contributed by atoms with Gasteiger partial charge in [-0.3, -0.25) is 4.79 Å². The third-order valence-electron chi connectivity index (χ3n) is 5.21. The van der Waals surface area contributed by atoms with Crippen LogP contribution in [0, 0.1) is 0 Å². The molecule has 0 bridgehead atoms. The van der Waals surface area contributed by atoms with Crippen molar-refractivity contribution in [2.45, 2.75) is 38.0 Å². The lowest BCUT2D eigenvalue weighted by molar-refractivity contribution is -0.113. The van der Waals surface area contributed by atoms with E-state index in [1.54, 1.807) is 24.1 Å². The quantitative estimate of drug-likeness (QED) is 0.356. The topological polar surface area (TPSA) is 95.1 Å². The summed E-state index contributed by atoms with van der Waals surface area (Å²) < 4.78 is 12.6. The minimum atomic E-state index is -0.181. The molecule has 2 aromatic heterocycles. The van der Waals surface area contributed by atoms with Crippen molar-refractivity contribution in [3.05, 3.63) is 71.9 Å². The first-order valence-electron chi connectivity index (χ1n) is 10.8. The minimum Gasteiger partial charge on any atom is -0.497 e. The molecule has 0 aliphatic carbocycles. The van der Waals surface area contributed by atoms with Crippen LogP contribution < -0.4 is 10.1 Å². The maximum Gasteiger partial charge on any atom is 0.277 e. The number of thioether (sulfide) groups is 1. The fourth-order valence-electron chi connectivity index (χ4n) is 3.27. The van der Waals surface area contributed by atoms with Gasteiger partial charge >= 0.3 is 0 Å². The number of amides is 1. The molecular weight excluding hydrogens is 450 g/mol. The van der Waals surface area contributed by atoms with Gasteiger partial charge in [0.25, 0.3) is 5.22 Å². The molecule has 0 saturated carbocycles. The molecule has 0 aliphatic heterocycles. The van der Waals surface area contributed by atoms with Crippen LogP contribution in [0.5, 0.6) is 5.75 Å². The number of aromatic nitrogens is 4. The normalized spacial score (nSPS) is 11.4. The zero-order valence-electron chi connectivity index (χ0n) is 19.6. The number of nitrogens with zero attached hydrogens (tertiary/aromatic N) is 4. The van der Waals surface area contributed by atoms with Crippen molar-refractivity contribution in [1.29, 1.82) is 0 Å². The first-order chi connectivity index (χ1) is 16.3. The van der Waals surface area contributed by atoms with Gasteiger partial charge in [0, 0.05) is 11.6 Å². The number of rotatable bonds is 8. The lowest BCUT2D eigenvalue weighted by atomic mass is 9.87. The summed E-state index contributed by atoms with van der Waals surface area (Å²) in [5, 5.41) is 15.7. The second-order valence-electron chi connectivity index (χ2n) is 8.76. The molecule has 2 aromatic carbocycles. The van der Waals surface area contributed by atoms with E-state index in [9.17, 15) is 4.79 Å². The van der Waals surface area contributed by atoms with Gasteiger partial charge in [0.1, 0.15) is 11.6 Å². The molecule has 0 radical (unpaired) electrons. The molecule has 176 valence electrons. The Labute approximate surface area is 202 Å². The number of benzene rings is 2. The molecular formula is C25H27N5O3S. The zero-order valence-corrected chi connectivity index (χ0v) is 20.4. The molecule has 9 heteroatoms. The minimum absolute atomic E-state index is 0.106. The van der Waals surface area contributed by atoms with Gasteiger partial charge in [-0.2, -0.15) is 5.10 Å². The molecule has 0 aliphatic rings. The second kappa shape index (κ2) is 10.1. The Kier molecular flexibility index (Phi) is 7.02. The predicted molar refractivity (Wildman–Crippen MR) is 132 cm³/mol. The number of anilines is 1. The summed E-state index contributed by atoms with van der Waals surface area (Å²) in [5.74, 6) is 1.72. The molecule has 34 heavy (non-hydrogen) atoms. The van der Waals surface area contributed by atoms with E-state index in [4.69, 9.17) is 9.15 Å². The van der Waals surface area contributed by atoms with Crippen molar-refractivity contribution in [2.24, 2.45) is 0 Å². The van der Waals surface area contributed by atoms with Crippen LogP contribution in [-0.2, 0) is 16.8 Å². The smallest absolute Gasteiger partial charge is 0.277 e. The molecule has 1 amide bonds. The number of nitrogens with one attached hydrogen (secondary N) is 1. The summed E-state index contributed by atoms with van der Waals surface area (Å²) in [4.78, 5) is 12.5. The van der Waals surface area contributed by atoms with Crippen LogP contribution in [0.25, 0.3) is 11.5 Å². The van der Waals surface area contributed by atoms with Crippen LogP contribution in [0.1, 0.15) is 31.9 Å². The van der Waals surface area contributed by atoms with E-state index in [0.717, 1.165) is 16.9 Å². The van der Waals surface area contributed by atoms with Crippen LogP contribution in [0.4, 0.5) is 5.82 Å². The molecule has 4 rings (SSSR count). The molecule has 1 N–H and O–H groups in total. The Morgan fingerprint density at radius 2 is 1.79 bits per heavy atom. The third-order valence-corrected chi connectivity index (χ3v) is 6.02. The van der Waals surface area contributed by atoms with Gasteiger partial charge in [0.2, 0.25) is 11.8 Å². The van der Waals surface area contributed by atoms with E-state index in [0.29, 0.717) is 23.5 Å². The van der Waals surface area contributed by atoms with E-state index in [1.807, 2.05) is 24.3 Å². The summed E-state index contributed by atoms with van der Waals surface area (Å²) in [6.07, 6.45) is 1.67. The monoisotopic (exact) mass is 477 g/mol. The molecule has 0 fully saturated rings. The van der Waals surface area contributed by atoms with E-state index >= 15 is 0 Å². The third kappa shape index (κ3) is 5.85. The Morgan fingerprint density at radius 3 is 2.47 bits per heavy atom. The number of hydrogen-bond acceptors (Lipinski definition) is 7. The molecule has 8 nitrogen and oxygen atoms in total. The largest absolute Gasteiger partial charge is 0.497 e. The SMILES string of the molecule is COc1ccc(-c2nnc(SCC(=O)Nc3ccnn3Cc3ccc(C(C)(C)C)cc3)o2)cc1. The summed E-state index contributed by atoms with van der Waals surface area (Å²) in [5.41, 5.74) is 3.27. The average Bonchev–Trinajstić information content (AvgIpc) is 3.47. The van der Waals surface area contributed by atoms with Crippen molar-refractivity contribution in [3.8, 4) is 17.2 Å². The van der Waals surface area contributed by atoms with Crippen LogP contribution in [-0.4, -0.2) is 38.7 Å². The van der Waals surface area contributed by atoms with E-state index < -0.39 is 0 Å². The molecule has 0 atom stereocenters. The fourth-order valence-corrected chi connectivity index (χ4v) is 3.84. The fraction of sp³-hybridized carbons (Fsp3) is 0.280. The van der Waals surface area contributed by atoms with E-state index in [1.165, 1.54) is 17.3 Å². The van der Waals surface area contributed by atoms with Crippen molar-refractivity contribution in [3.63, 3.8) is 0 Å². The Balaban J connectivity index is 1.32. The number of ether oxygens (including phenoxy) is 1. The van der Waals surface area contributed by atoms with Crippen LogP contribution in [0.3, 0.4) is 0 Å². The highest BCUT2D eigenvalue weighted by atomic mass is 32.2. The maximum absolute atomic E-state index is 12.5. The predicted octanol–water partition coefficient (Wildman–Crippen LogP) is 5.02. The number of carbonyl (C=O) groups excluding carboxylic acids is 1. The number of hydrogen-bond donors (Lipinski definition) is 1. The zero-order chi connectivity index (χ0) is 24.1. The van der Waals surface area contributed by atoms with Gasteiger partial charge in [-0.05, 0) is 40.8 Å². The molecule has 0 unspecified atom stereocenters. The molecule has 0 spiro atoms. The highest BCUT2D eigenvalue weighted by Crippen LogP contribution is 2.25. The van der Waals surface area contributed by atoms with Crippen LogP contribution in [0.15, 0.2) is 70.4 Å². The highest BCUT2D eigenvalue weighted by molar-refractivity contribution is 7.99. The first kappa shape index (κ1) is 23.6. The summed E-state index contributed by atoms with van der Waals surface area (Å²) >= 11 is 1.18. The first-order valence-corrected chi connectivity index (χ1v) is 11.8. The second-order valence-corrected chi connectivity index (χ2v) is 9.69. The van der Waals surface area contributed by atoms with Gasteiger partial charge in [-0.1, -0.05) is 56.8 Å². The van der Waals surface area contributed by atoms with Crippen molar-refractivity contribution in [2.75, 3.05) is 18.2 Å². The molecule has 0 saturated heterocycles. The van der Waals surface area contributed by atoms with E-state index in [-0.39, 0.29) is 17.1 Å². The summed E-state index contributed by atoms with van der Waals surface area (Å²) in [6.45, 7) is 7.13. The maximum atomic E-state index is 12.5.